The van der Waals surface area contributed by atoms with E-state index < -0.39 is 0 Å². The van der Waals surface area contributed by atoms with E-state index in [-0.39, 0.29) is 0 Å². The van der Waals surface area contributed by atoms with Crippen molar-refractivity contribution in [1.29, 1.82) is 0 Å². The molecule has 2 aromatic heterocycles. The molecule has 2 heterocycles. The Bertz CT molecular complexity index is 814. The van der Waals surface area contributed by atoms with Gasteiger partial charge in [0.15, 0.2) is 0 Å². The Hall–Kier alpha value is -0.850. The highest BCUT2D eigenvalue weighted by Gasteiger charge is 2.16. The maximum Gasteiger partial charge on any atom is 0.142 e. The Balaban J connectivity index is 2.31. The van der Waals surface area contributed by atoms with Gasteiger partial charge in [0.25, 0.3) is 0 Å². The van der Waals surface area contributed by atoms with Crippen molar-refractivity contribution >= 4 is 56.8 Å². The van der Waals surface area contributed by atoms with Crippen molar-refractivity contribution in [2.24, 2.45) is 0 Å². The molecule has 0 saturated carbocycles. The molecular weight excluding hydrogens is 420 g/mol. The minimum absolute atomic E-state index is 0.600. The van der Waals surface area contributed by atoms with Crippen LogP contribution in [-0.2, 0) is 6.54 Å². The van der Waals surface area contributed by atoms with Gasteiger partial charge in [0.1, 0.15) is 5.82 Å². The smallest absolute Gasteiger partial charge is 0.142 e. The van der Waals surface area contributed by atoms with Gasteiger partial charge in [-0.05, 0) is 47.2 Å². The molecule has 108 valence electrons. The zero-order chi connectivity index (χ0) is 15.0. The second-order valence-electron chi connectivity index (χ2n) is 4.73. The SMILES string of the molecule is CCCn1c(-c2cncc(Cl)c2)nc2cc(I)cc(Cl)c21. The number of rotatable bonds is 3. The first-order valence-corrected chi connectivity index (χ1v) is 8.40. The van der Waals surface area contributed by atoms with E-state index in [0.717, 1.165) is 44.0 Å². The highest BCUT2D eigenvalue weighted by Crippen LogP contribution is 2.32. The summed E-state index contributed by atoms with van der Waals surface area (Å²) in [4.78, 5) is 8.89. The average Bonchev–Trinajstić information content (AvgIpc) is 2.78. The van der Waals surface area contributed by atoms with Crippen molar-refractivity contribution in [3.05, 3.63) is 44.2 Å². The Morgan fingerprint density at radius 2 is 2.00 bits per heavy atom. The van der Waals surface area contributed by atoms with Crippen LogP contribution in [0.15, 0.2) is 30.6 Å². The van der Waals surface area contributed by atoms with E-state index in [1.54, 1.807) is 12.4 Å². The molecule has 0 radical (unpaired) electrons. The van der Waals surface area contributed by atoms with E-state index in [9.17, 15) is 0 Å². The first kappa shape index (κ1) is 15.1. The van der Waals surface area contributed by atoms with Crippen molar-refractivity contribution in [2.45, 2.75) is 19.9 Å². The van der Waals surface area contributed by atoms with Crippen LogP contribution < -0.4 is 0 Å². The molecule has 0 bridgehead atoms. The first-order valence-electron chi connectivity index (χ1n) is 6.56. The largest absolute Gasteiger partial charge is 0.323 e. The number of imidazole rings is 1. The van der Waals surface area contributed by atoms with Gasteiger partial charge in [0.05, 0.1) is 21.1 Å². The van der Waals surface area contributed by atoms with Crippen molar-refractivity contribution < 1.29 is 0 Å². The summed E-state index contributed by atoms with van der Waals surface area (Å²) in [5.74, 6) is 0.853. The molecule has 0 aliphatic rings. The fraction of sp³-hybridized carbons (Fsp3) is 0.200. The third-order valence-electron chi connectivity index (χ3n) is 3.17. The maximum absolute atomic E-state index is 6.43. The number of aryl methyl sites for hydroxylation is 1. The molecule has 0 aliphatic heterocycles. The van der Waals surface area contributed by atoms with Gasteiger partial charge in [-0.2, -0.15) is 0 Å². The van der Waals surface area contributed by atoms with Crippen LogP contribution in [0.2, 0.25) is 10.0 Å². The molecule has 0 amide bonds. The lowest BCUT2D eigenvalue weighted by atomic mass is 10.2. The normalized spacial score (nSPS) is 11.2. The van der Waals surface area contributed by atoms with E-state index in [0.29, 0.717) is 5.02 Å². The predicted molar refractivity (Wildman–Crippen MR) is 96.0 cm³/mol. The fourth-order valence-corrected chi connectivity index (χ4v) is 3.66. The molecule has 6 heteroatoms. The maximum atomic E-state index is 6.43. The molecule has 0 atom stereocenters. The molecule has 3 aromatic rings. The Labute approximate surface area is 146 Å². The van der Waals surface area contributed by atoms with E-state index in [4.69, 9.17) is 28.2 Å². The number of fused-ring (bicyclic) bond motifs is 1. The van der Waals surface area contributed by atoms with Crippen LogP contribution in [0.4, 0.5) is 0 Å². The van der Waals surface area contributed by atoms with E-state index >= 15 is 0 Å². The summed E-state index contributed by atoms with van der Waals surface area (Å²) in [6, 6.07) is 5.87. The van der Waals surface area contributed by atoms with Gasteiger partial charge in [0.2, 0.25) is 0 Å². The van der Waals surface area contributed by atoms with Crippen LogP contribution in [-0.4, -0.2) is 14.5 Å². The molecule has 3 nitrogen and oxygen atoms in total. The second kappa shape index (κ2) is 6.10. The number of aromatic nitrogens is 3. The molecule has 0 aliphatic carbocycles. The minimum Gasteiger partial charge on any atom is -0.323 e. The summed E-state index contributed by atoms with van der Waals surface area (Å²) in [7, 11) is 0. The van der Waals surface area contributed by atoms with Crippen LogP contribution in [0, 0.1) is 3.57 Å². The van der Waals surface area contributed by atoms with Gasteiger partial charge < -0.3 is 4.57 Å². The van der Waals surface area contributed by atoms with Crippen LogP contribution >= 0.6 is 45.8 Å². The molecule has 0 unspecified atom stereocenters. The zero-order valence-electron chi connectivity index (χ0n) is 11.3. The summed E-state index contributed by atoms with van der Waals surface area (Å²) in [6.45, 7) is 2.98. The predicted octanol–water partition coefficient (Wildman–Crippen LogP) is 5.42. The lowest BCUT2D eigenvalue weighted by Crippen LogP contribution is -2.00. The van der Waals surface area contributed by atoms with Gasteiger partial charge in [-0.25, -0.2) is 4.98 Å². The molecule has 0 N–H and O–H groups in total. The summed E-state index contributed by atoms with van der Waals surface area (Å²) in [6.07, 6.45) is 4.39. The van der Waals surface area contributed by atoms with Crippen molar-refractivity contribution in [2.75, 3.05) is 0 Å². The van der Waals surface area contributed by atoms with Crippen LogP contribution in [0.1, 0.15) is 13.3 Å². The topological polar surface area (TPSA) is 30.7 Å². The molecule has 3 rings (SSSR count). The highest BCUT2D eigenvalue weighted by atomic mass is 127. The molecule has 21 heavy (non-hydrogen) atoms. The van der Waals surface area contributed by atoms with Gasteiger partial charge in [-0.15, -0.1) is 0 Å². The summed E-state index contributed by atoms with van der Waals surface area (Å²) in [5.41, 5.74) is 2.77. The van der Waals surface area contributed by atoms with Crippen LogP contribution in [0.3, 0.4) is 0 Å². The van der Waals surface area contributed by atoms with Gasteiger partial charge in [0, 0.05) is 28.1 Å². The lowest BCUT2D eigenvalue weighted by Gasteiger charge is -2.08. The highest BCUT2D eigenvalue weighted by molar-refractivity contribution is 14.1. The van der Waals surface area contributed by atoms with Gasteiger partial charge >= 0.3 is 0 Å². The third-order valence-corrected chi connectivity index (χ3v) is 4.29. The zero-order valence-corrected chi connectivity index (χ0v) is 14.9. The Kier molecular flexibility index (Phi) is 4.38. The molecule has 1 aromatic carbocycles. The quantitative estimate of drug-likeness (QED) is 0.518. The monoisotopic (exact) mass is 431 g/mol. The minimum atomic E-state index is 0.600. The van der Waals surface area contributed by atoms with Gasteiger partial charge in [-0.3, -0.25) is 4.98 Å². The summed E-state index contributed by atoms with van der Waals surface area (Å²) >= 11 is 14.7. The molecule has 0 spiro atoms. The van der Waals surface area contributed by atoms with E-state index in [1.165, 1.54) is 0 Å². The van der Waals surface area contributed by atoms with Crippen LogP contribution in [0.25, 0.3) is 22.4 Å². The van der Waals surface area contributed by atoms with Crippen molar-refractivity contribution in [3.63, 3.8) is 0 Å². The van der Waals surface area contributed by atoms with Crippen molar-refractivity contribution in [1.82, 2.24) is 14.5 Å². The molecular formula is C15H12Cl2IN3. The van der Waals surface area contributed by atoms with E-state index in [2.05, 4.69) is 39.1 Å². The average molecular weight is 432 g/mol. The summed E-state index contributed by atoms with van der Waals surface area (Å²) < 4.78 is 3.21. The summed E-state index contributed by atoms with van der Waals surface area (Å²) in [5, 5.41) is 1.32. The number of pyridine rings is 1. The van der Waals surface area contributed by atoms with E-state index in [1.807, 2.05) is 18.2 Å². The Morgan fingerprint density at radius 3 is 2.71 bits per heavy atom. The number of hydrogen-bond donors (Lipinski definition) is 0. The standard InChI is InChI=1S/C15H12Cl2IN3/c1-2-3-21-14-12(17)5-11(18)6-13(14)20-15(21)9-4-10(16)8-19-7-9/h4-8H,2-3H2,1H3. The number of hydrogen-bond acceptors (Lipinski definition) is 2. The molecule has 0 fully saturated rings. The lowest BCUT2D eigenvalue weighted by molar-refractivity contribution is 0.704. The Morgan fingerprint density at radius 1 is 1.19 bits per heavy atom. The van der Waals surface area contributed by atoms with Gasteiger partial charge in [-0.1, -0.05) is 30.1 Å². The first-order chi connectivity index (χ1) is 10.1. The van der Waals surface area contributed by atoms with Crippen molar-refractivity contribution in [3.8, 4) is 11.4 Å². The number of nitrogens with zero attached hydrogens (tertiary/aromatic N) is 3. The molecule has 0 saturated heterocycles. The fourth-order valence-electron chi connectivity index (χ4n) is 2.38. The second-order valence-corrected chi connectivity index (χ2v) is 6.82. The number of benzene rings is 1. The number of halogens is 3. The van der Waals surface area contributed by atoms with Crippen LogP contribution in [0.5, 0.6) is 0 Å². The third kappa shape index (κ3) is 2.89.